The molecule has 1 heterocycles. The van der Waals surface area contributed by atoms with Crippen molar-refractivity contribution in [3.8, 4) is 0 Å². The average molecular weight is 342 g/mol. The third-order valence-electron chi connectivity index (χ3n) is 3.59. The molecule has 0 radical (unpaired) electrons. The summed E-state index contributed by atoms with van der Waals surface area (Å²) < 4.78 is 16.9. The molecule has 4 nitrogen and oxygen atoms in total. The third-order valence-corrected chi connectivity index (χ3v) is 8.91. The molecule has 0 fully saturated rings. The van der Waals surface area contributed by atoms with E-state index in [0.717, 1.165) is 10.1 Å². The SMILES string of the molecule is COCCOC=C(O[Si](C)(C)C(C)(C)C)Sc1ccccn1. The van der Waals surface area contributed by atoms with Gasteiger partial charge in [0.2, 0.25) is 0 Å². The van der Waals surface area contributed by atoms with Gasteiger partial charge in [0.15, 0.2) is 5.09 Å². The molecular formula is C16H27NO3SSi. The van der Waals surface area contributed by atoms with E-state index in [-0.39, 0.29) is 5.04 Å². The van der Waals surface area contributed by atoms with Gasteiger partial charge in [0.05, 0.1) is 6.61 Å². The first-order valence-electron chi connectivity index (χ1n) is 7.35. The molecule has 0 amide bonds. The van der Waals surface area contributed by atoms with Crippen molar-refractivity contribution in [1.82, 2.24) is 4.98 Å². The second-order valence-electron chi connectivity index (χ2n) is 6.43. The maximum absolute atomic E-state index is 6.34. The van der Waals surface area contributed by atoms with Crippen LogP contribution >= 0.6 is 11.8 Å². The lowest BCUT2D eigenvalue weighted by molar-refractivity contribution is 0.121. The zero-order chi connectivity index (χ0) is 16.6. The number of ether oxygens (including phenoxy) is 2. The van der Waals surface area contributed by atoms with Gasteiger partial charge in [0.25, 0.3) is 8.32 Å². The summed E-state index contributed by atoms with van der Waals surface area (Å²) in [7, 11) is -0.263. The number of nitrogens with zero attached hydrogens (tertiary/aromatic N) is 1. The quantitative estimate of drug-likeness (QED) is 0.298. The van der Waals surface area contributed by atoms with Crippen LogP contribution < -0.4 is 0 Å². The van der Waals surface area contributed by atoms with E-state index in [1.165, 1.54) is 11.8 Å². The van der Waals surface area contributed by atoms with E-state index in [4.69, 9.17) is 13.9 Å². The van der Waals surface area contributed by atoms with Crippen molar-refractivity contribution in [1.29, 1.82) is 0 Å². The number of hydrogen-bond acceptors (Lipinski definition) is 5. The molecule has 0 bridgehead atoms. The number of aromatic nitrogens is 1. The topological polar surface area (TPSA) is 40.6 Å². The Bertz CT molecular complexity index is 472. The van der Waals surface area contributed by atoms with Gasteiger partial charge < -0.3 is 13.9 Å². The largest absolute Gasteiger partial charge is 0.537 e. The Morgan fingerprint density at radius 1 is 1.27 bits per heavy atom. The molecular weight excluding hydrogens is 314 g/mol. The van der Waals surface area contributed by atoms with E-state index in [0.29, 0.717) is 13.2 Å². The highest BCUT2D eigenvalue weighted by Gasteiger charge is 2.39. The van der Waals surface area contributed by atoms with Crippen molar-refractivity contribution in [2.24, 2.45) is 0 Å². The molecule has 0 saturated carbocycles. The maximum Gasteiger partial charge on any atom is 0.251 e. The van der Waals surface area contributed by atoms with Gasteiger partial charge >= 0.3 is 0 Å². The van der Waals surface area contributed by atoms with Crippen molar-refractivity contribution in [3.63, 3.8) is 0 Å². The predicted molar refractivity (Wildman–Crippen MR) is 94.3 cm³/mol. The van der Waals surface area contributed by atoms with Crippen molar-refractivity contribution in [2.45, 2.75) is 43.9 Å². The van der Waals surface area contributed by atoms with E-state index in [2.05, 4.69) is 38.8 Å². The van der Waals surface area contributed by atoms with Crippen LogP contribution in [0.15, 0.2) is 40.8 Å². The predicted octanol–water partition coefficient (Wildman–Crippen LogP) is 4.66. The molecule has 6 heteroatoms. The highest BCUT2D eigenvalue weighted by atomic mass is 32.2. The summed E-state index contributed by atoms with van der Waals surface area (Å²) in [5.74, 6) is 0. The molecule has 0 unspecified atom stereocenters. The Balaban J connectivity index is 2.82. The molecule has 0 spiro atoms. The summed E-state index contributed by atoms with van der Waals surface area (Å²) in [6, 6.07) is 5.82. The van der Waals surface area contributed by atoms with Crippen LogP contribution in [-0.2, 0) is 13.9 Å². The molecule has 0 saturated heterocycles. The fourth-order valence-electron chi connectivity index (χ4n) is 1.24. The molecule has 0 aliphatic rings. The Hall–Kier alpha value is -0.983. The van der Waals surface area contributed by atoms with E-state index in [9.17, 15) is 0 Å². The first-order chi connectivity index (χ1) is 10.3. The van der Waals surface area contributed by atoms with Gasteiger partial charge in [-0.2, -0.15) is 0 Å². The van der Waals surface area contributed by atoms with E-state index in [1.54, 1.807) is 19.6 Å². The van der Waals surface area contributed by atoms with E-state index >= 15 is 0 Å². The van der Waals surface area contributed by atoms with Gasteiger partial charge in [0, 0.05) is 13.3 Å². The number of hydrogen-bond donors (Lipinski definition) is 0. The molecule has 22 heavy (non-hydrogen) atoms. The summed E-state index contributed by atoms with van der Waals surface area (Å²) in [5, 5.41) is 1.77. The van der Waals surface area contributed by atoms with Crippen LogP contribution in [0.5, 0.6) is 0 Å². The average Bonchev–Trinajstić information content (AvgIpc) is 2.43. The number of pyridine rings is 1. The van der Waals surface area contributed by atoms with Gasteiger partial charge in [0.1, 0.15) is 17.9 Å². The van der Waals surface area contributed by atoms with Crippen LogP contribution in [0.25, 0.3) is 0 Å². The lowest BCUT2D eigenvalue weighted by atomic mass is 10.2. The first kappa shape index (κ1) is 19.1. The Morgan fingerprint density at radius 3 is 2.55 bits per heavy atom. The first-order valence-corrected chi connectivity index (χ1v) is 11.1. The highest BCUT2D eigenvalue weighted by molar-refractivity contribution is 8.02. The summed E-state index contributed by atoms with van der Waals surface area (Å²) in [6.45, 7) is 12.1. The Morgan fingerprint density at radius 2 is 2.00 bits per heavy atom. The van der Waals surface area contributed by atoms with Gasteiger partial charge in [-0.05, 0) is 42.0 Å². The van der Waals surface area contributed by atoms with Gasteiger partial charge in [-0.25, -0.2) is 4.98 Å². The third kappa shape index (κ3) is 6.42. The number of rotatable bonds is 8. The van der Waals surface area contributed by atoms with Crippen molar-refractivity contribution >= 4 is 20.1 Å². The summed E-state index contributed by atoms with van der Waals surface area (Å²) in [4.78, 5) is 4.33. The zero-order valence-corrected chi connectivity index (χ0v) is 16.2. The van der Waals surface area contributed by atoms with Crippen LogP contribution in [0.2, 0.25) is 18.1 Å². The molecule has 0 aliphatic carbocycles. The smallest absolute Gasteiger partial charge is 0.251 e. The summed E-state index contributed by atoms with van der Waals surface area (Å²) in [5.41, 5.74) is 0. The second-order valence-corrected chi connectivity index (χ2v) is 12.2. The van der Waals surface area contributed by atoms with Crippen LogP contribution in [0.4, 0.5) is 0 Å². The lowest BCUT2D eigenvalue weighted by Crippen LogP contribution is -2.40. The molecule has 124 valence electrons. The van der Waals surface area contributed by atoms with E-state index in [1.807, 2.05) is 18.2 Å². The molecule has 1 aromatic heterocycles. The maximum atomic E-state index is 6.34. The normalized spacial score (nSPS) is 13.1. The molecule has 0 aromatic carbocycles. The van der Waals surface area contributed by atoms with Crippen molar-refractivity contribution < 1.29 is 13.9 Å². The highest BCUT2D eigenvalue weighted by Crippen LogP contribution is 2.40. The molecule has 0 aliphatic heterocycles. The standard InChI is InChI=1S/C16H27NO3SSi/c1-16(2,3)22(5,6)20-15(13-19-12-11-18-4)21-14-9-7-8-10-17-14/h7-10,13H,11-12H2,1-6H3. The minimum Gasteiger partial charge on any atom is -0.537 e. The fourth-order valence-corrected chi connectivity index (χ4v) is 3.47. The summed E-state index contributed by atoms with van der Waals surface area (Å²) >= 11 is 1.49. The fraction of sp³-hybridized carbons (Fsp3) is 0.562. The van der Waals surface area contributed by atoms with Crippen LogP contribution in [0.3, 0.4) is 0 Å². The minimum absolute atomic E-state index is 0.128. The minimum atomic E-state index is -1.92. The van der Waals surface area contributed by atoms with Crippen molar-refractivity contribution in [2.75, 3.05) is 20.3 Å². The number of methoxy groups -OCH3 is 1. The van der Waals surface area contributed by atoms with Crippen LogP contribution in [0.1, 0.15) is 20.8 Å². The monoisotopic (exact) mass is 341 g/mol. The van der Waals surface area contributed by atoms with E-state index < -0.39 is 8.32 Å². The van der Waals surface area contributed by atoms with Crippen molar-refractivity contribution in [3.05, 3.63) is 35.7 Å². The number of thioether (sulfide) groups is 1. The van der Waals surface area contributed by atoms with Gasteiger partial charge in [-0.15, -0.1) is 0 Å². The van der Waals surface area contributed by atoms with Crippen LogP contribution in [-0.4, -0.2) is 33.6 Å². The summed E-state index contributed by atoms with van der Waals surface area (Å²) in [6.07, 6.45) is 3.46. The van der Waals surface area contributed by atoms with Gasteiger partial charge in [-0.3, -0.25) is 0 Å². The molecule has 1 aromatic rings. The Kier molecular flexibility index (Phi) is 7.45. The molecule has 0 atom stereocenters. The molecule has 0 N–H and O–H groups in total. The van der Waals surface area contributed by atoms with Gasteiger partial charge in [-0.1, -0.05) is 26.8 Å². The Labute approximate surface area is 139 Å². The zero-order valence-electron chi connectivity index (χ0n) is 14.4. The lowest BCUT2D eigenvalue weighted by Gasteiger charge is -2.36. The molecule has 1 rings (SSSR count). The van der Waals surface area contributed by atoms with Crippen LogP contribution in [0, 0.1) is 0 Å². The second kappa shape index (κ2) is 8.60.